The number of carbonyl (C=O) groups is 1. The molecule has 0 saturated carbocycles. The first-order chi connectivity index (χ1) is 9.09. The summed E-state index contributed by atoms with van der Waals surface area (Å²) in [7, 11) is 0. The van der Waals surface area contributed by atoms with Gasteiger partial charge in [0.1, 0.15) is 0 Å². The molecule has 0 aromatic heterocycles. The van der Waals surface area contributed by atoms with Crippen molar-refractivity contribution in [1.29, 1.82) is 0 Å². The van der Waals surface area contributed by atoms with Crippen molar-refractivity contribution >= 4 is 17.5 Å². The van der Waals surface area contributed by atoms with Crippen LogP contribution in [0.3, 0.4) is 0 Å². The minimum Gasteiger partial charge on any atom is -0.349 e. The van der Waals surface area contributed by atoms with Crippen LogP contribution in [0.15, 0.2) is 18.2 Å². The summed E-state index contributed by atoms with van der Waals surface area (Å²) in [4.78, 5) is 12.0. The fraction of sp³-hybridized carbons (Fsp3) is 0.500. The Morgan fingerprint density at radius 1 is 1.58 bits per heavy atom. The van der Waals surface area contributed by atoms with E-state index in [1.54, 1.807) is 6.07 Å². The highest BCUT2D eigenvalue weighted by Crippen LogP contribution is 2.19. The fourth-order valence-corrected chi connectivity index (χ4v) is 2.56. The Balaban J connectivity index is 2.02. The average molecular weight is 285 g/mol. The minimum absolute atomic E-state index is 0.00289. The molecule has 19 heavy (non-hydrogen) atoms. The van der Waals surface area contributed by atoms with Gasteiger partial charge in [0, 0.05) is 6.04 Å². The Morgan fingerprint density at radius 2 is 2.37 bits per heavy atom. The maximum atomic E-state index is 13.7. The zero-order valence-corrected chi connectivity index (χ0v) is 11.6. The van der Waals surface area contributed by atoms with Crippen LogP contribution in [0.4, 0.5) is 4.39 Å². The topological polar surface area (TPSA) is 41.1 Å². The molecule has 1 aromatic carbocycles. The molecule has 2 unspecified atom stereocenters. The number of hydrogen-bond donors (Lipinski definition) is 2. The van der Waals surface area contributed by atoms with Crippen molar-refractivity contribution in [3.63, 3.8) is 0 Å². The van der Waals surface area contributed by atoms with Crippen molar-refractivity contribution in [2.45, 2.75) is 25.8 Å². The summed E-state index contributed by atoms with van der Waals surface area (Å²) in [5.74, 6) is -0.673. The SMILES string of the molecule is CC(NC(=O)c1cccc(Cl)c1F)C1CCCNC1. The van der Waals surface area contributed by atoms with Crippen molar-refractivity contribution in [1.82, 2.24) is 10.6 Å². The van der Waals surface area contributed by atoms with Crippen molar-refractivity contribution in [3.05, 3.63) is 34.6 Å². The molecule has 1 saturated heterocycles. The van der Waals surface area contributed by atoms with E-state index in [1.807, 2.05) is 6.92 Å². The van der Waals surface area contributed by atoms with Gasteiger partial charge in [0.05, 0.1) is 10.6 Å². The second-order valence-electron chi connectivity index (χ2n) is 4.97. The van der Waals surface area contributed by atoms with Gasteiger partial charge in [-0.2, -0.15) is 0 Å². The molecule has 0 spiro atoms. The van der Waals surface area contributed by atoms with Crippen LogP contribution in [0.2, 0.25) is 5.02 Å². The lowest BCUT2D eigenvalue weighted by molar-refractivity contribution is 0.0918. The molecule has 1 heterocycles. The zero-order chi connectivity index (χ0) is 13.8. The van der Waals surface area contributed by atoms with Crippen LogP contribution >= 0.6 is 11.6 Å². The molecule has 0 aliphatic carbocycles. The molecule has 0 radical (unpaired) electrons. The van der Waals surface area contributed by atoms with Crippen molar-refractivity contribution in [3.8, 4) is 0 Å². The van der Waals surface area contributed by atoms with Gasteiger partial charge >= 0.3 is 0 Å². The third kappa shape index (κ3) is 3.45. The summed E-state index contributed by atoms with van der Waals surface area (Å²) < 4.78 is 13.7. The largest absolute Gasteiger partial charge is 0.349 e. The van der Waals surface area contributed by atoms with E-state index in [2.05, 4.69) is 10.6 Å². The van der Waals surface area contributed by atoms with E-state index in [4.69, 9.17) is 11.6 Å². The molecular weight excluding hydrogens is 267 g/mol. The quantitative estimate of drug-likeness (QED) is 0.896. The van der Waals surface area contributed by atoms with E-state index in [-0.39, 0.29) is 16.6 Å². The lowest BCUT2D eigenvalue weighted by Crippen LogP contribution is -2.44. The highest BCUT2D eigenvalue weighted by Gasteiger charge is 2.23. The molecule has 0 bridgehead atoms. The Hall–Kier alpha value is -1.13. The van der Waals surface area contributed by atoms with E-state index in [9.17, 15) is 9.18 Å². The summed E-state index contributed by atoms with van der Waals surface area (Å²) >= 11 is 5.68. The lowest BCUT2D eigenvalue weighted by atomic mass is 9.92. The number of benzene rings is 1. The van der Waals surface area contributed by atoms with Crippen LogP contribution in [0.1, 0.15) is 30.1 Å². The smallest absolute Gasteiger partial charge is 0.254 e. The molecule has 104 valence electrons. The zero-order valence-electron chi connectivity index (χ0n) is 10.9. The molecule has 1 fully saturated rings. The molecular formula is C14H18ClFN2O. The first-order valence-electron chi connectivity index (χ1n) is 6.55. The first kappa shape index (κ1) is 14.3. The van der Waals surface area contributed by atoms with Gasteiger partial charge in [-0.25, -0.2) is 4.39 Å². The Labute approximate surface area is 117 Å². The summed E-state index contributed by atoms with van der Waals surface area (Å²) in [5, 5.41) is 6.13. The second kappa shape index (κ2) is 6.35. The number of hydrogen-bond acceptors (Lipinski definition) is 2. The predicted octanol–water partition coefficient (Wildman–Crippen LogP) is 2.60. The van der Waals surface area contributed by atoms with Crippen LogP contribution in [0.5, 0.6) is 0 Å². The monoisotopic (exact) mass is 284 g/mol. The standard InChI is InChI=1S/C14H18ClFN2O/c1-9(10-4-3-7-17-8-10)18-14(19)11-5-2-6-12(15)13(11)16/h2,5-6,9-10,17H,3-4,7-8H2,1H3,(H,18,19). The number of piperidine rings is 1. The Bertz CT molecular complexity index is 461. The minimum atomic E-state index is -0.657. The second-order valence-corrected chi connectivity index (χ2v) is 5.38. The number of halogens is 2. The number of amides is 1. The van der Waals surface area contributed by atoms with Gasteiger partial charge in [0.25, 0.3) is 5.91 Å². The van der Waals surface area contributed by atoms with Gasteiger partial charge in [0.2, 0.25) is 0 Å². The van der Waals surface area contributed by atoms with Crippen molar-refractivity contribution < 1.29 is 9.18 Å². The van der Waals surface area contributed by atoms with E-state index in [0.717, 1.165) is 25.9 Å². The van der Waals surface area contributed by atoms with Gasteiger partial charge in [0.15, 0.2) is 5.82 Å². The normalized spacial score (nSPS) is 20.9. The van der Waals surface area contributed by atoms with E-state index >= 15 is 0 Å². The molecule has 2 rings (SSSR count). The van der Waals surface area contributed by atoms with Crippen LogP contribution < -0.4 is 10.6 Å². The fourth-order valence-electron chi connectivity index (χ4n) is 2.39. The van der Waals surface area contributed by atoms with Gasteiger partial charge in [-0.3, -0.25) is 4.79 Å². The molecule has 5 heteroatoms. The molecule has 1 aromatic rings. The average Bonchev–Trinajstić information content (AvgIpc) is 2.42. The van der Waals surface area contributed by atoms with Crippen LogP contribution in [-0.2, 0) is 0 Å². The Kier molecular flexibility index (Phi) is 4.77. The molecule has 3 nitrogen and oxygen atoms in total. The van der Waals surface area contributed by atoms with Crippen molar-refractivity contribution in [2.75, 3.05) is 13.1 Å². The molecule has 2 N–H and O–H groups in total. The van der Waals surface area contributed by atoms with Gasteiger partial charge < -0.3 is 10.6 Å². The first-order valence-corrected chi connectivity index (χ1v) is 6.93. The number of nitrogens with one attached hydrogen (secondary N) is 2. The van der Waals surface area contributed by atoms with E-state index in [1.165, 1.54) is 12.1 Å². The number of rotatable bonds is 3. The number of carbonyl (C=O) groups excluding carboxylic acids is 1. The maximum absolute atomic E-state index is 13.7. The summed E-state index contributed by atoms with van der Waals surface area (Å²) in [6.07, 6.45) is 2.18. The van der Waals surface area contributed by atoms with Gasteiger partial charge in [-0.05, 0) is 50.9 Å². The third-order valence-corrected chi connectivity index (χ3v) is 3.89. The molecule has 1 aliphatic rings. The Morgan fingerprint density at radius 3 is 3.05 bits per heavy atom. The van der Waals surface area contributed by atoms with E-state index < -0.39 is 11.7 Å². The maximum Gasteiger partial charge on any atom is 0.254 e. The molecule has 1 amide bonds. The van der Waals surface area contributed by atoms with Crippen LogP contribution in [0.25, 0.3) is 0 Å². The highest BCUT2D eigenvalue weighted by atomic mass is 35.5. The summed E-state index contributed by atoms with van der Waals surface area (Å²) in [5.41, 5.74) is 0.00289. The third-order valence-electron chi connectivity index (χ3n) is 3.60. The predicted molar refractivity (Wildman–Crippen MR) is 73.9 cm³/mol. The van der Waals surface area contributed by atoms with E-state index in [0.29, 0.717) is 5.92 Å². The molecule has 1 aliphatic heterocycles. The van der Waals surface area contributed by atoms with Gasteiger partial charge in [-0.15, -0.1) is 0 Å². The lowest BCUT2D eigenvalue weighted by Gasteiger charge is -2.29. The summed E-state index contributed by atoms with van der Waals surface area (Å²) in [6.45, 7) is 3.87. The van der Waals surface area contributed by atoms with Gasteiger partial charge in [-0.1, -0.05) is 17.7 Å². The van der Waals surface area contributed by atoms with Crippen LogP contribution in [-0.4, -0.2) is 25.0 Å². The highest BCUT2D eigenvalue weighted by molar-refractivity contribution is 6.31. The van der Waals surface area contributed by atoms with Crippen LogP contribution in [0, 0.1) is 11.7 Å². The van der Waals surface area contributed by atoms with Crippen molar-refractivity contribution in [2.24, 2.45) is 5.92 Å². The summed E-state index contributed by atoms with van der Waals surface area (Å²) in [6, 6.07) is 4.47. The molecule has 2 atom stereocenters.